The predicted octanol–water partition coefficient (Wildman–Crippen LogP) is 5.21. The zero-order chi connectivity index (χ0) is 17.7. The van der Waals surface area contributed by atoms with Crippen LogP contribution in [0.1, 0.15) is 58.3 Å². The van der Waals surface area contributed by atoms with Gasteiger partial charge < -0.3 is 9.90 Å². The molecule has 0 saturated carbocycles. The first-order valence-corrected chi connectivity index (χ1v) is 8.87. The third-order valence-electron chi connectivity index (χ3n) is 3.11. The number of rotatable bonds is 14. The van der Waals surface area contributed by atoms with Crippen molar-refractivity contribution in [2.75, 3.05) is 0 Å². The highest BCUT2D eigenvalue weighted by atomic mass is 16.4. The Balaban J connectivity index is 3.51. The Bertz CT molecular complexity index is 462. The van der Waals surface area contributed by atoms with Crippen molar-refractivity contribution in [3.8, 4) is 0 Å². The predicted molar refractivity (Wildman–Crippen MR) is 102 cm³/mol. The fourth-order valence-electron chi connectivity index (χ4n) is 1.84. The third kappa shape index (κ3) is 19.9. The summed E-state index contributed by atoms with van der Waals surface area (Å²) < 4.78 is 0. The minimum atomic E-state index is -0.991. The summed E-state index contributed by atoms with van der Waals surface area (Å²) in [5.74, 6) is -0.991. The Morgan fingerprint density at radius 1 is 0.625 bits per heavy atom. The Kier molecular flexibility index (Phi) is 17.3. The number of carboxylic acid groups (broad SMARTS) is 1. The fraction of sp³-hybridized carbons (Fsp3) is 0.409. The maximum atomic E-state index is 10.2. The van der Waals surface area contributed by atoms with E-state index < -0.39 is 5.97 Å². The standard InChI is InChI=1S/C22H32O2/c1-2-3-4-5-6-7-8-9-10-11-12-13-14-15-16-17-18-19-20-21-22(23)24/h3-4,6-7,9-10,12-13,15-16,18-19H,2,5,8,11,14,17,20-21H2,1H3,(H,23,24)/p-1/b4-3+,7-6+,10-9+,13-12+,16-15+,19-18+. The van der Waals surface area contributed by atoms with Crippen LogP contribution in [0.2, 0.25) is 0 Å². The van der Waals surface area contributed by atoms with Gasteiger partial charge in [-0.25, -0.2) is 0 Å². The van der Waals surface area contributed by atoms with Crippen molar-refractivity contribution in [2.24, 2.45) is 0 Å². The van der Waals surface area contributed by atoms with E-state index in [0.29, 0.717) is 6.42 Å². The number of carbonyl (C=O) groups excluding carboxylic acids is 1. The largest absolute Gasteiger partial charge is 0.550 e. The molecule has 0 N–H and O–H groups in total. The summed E-state index contributed by atoms with van der Waals surface area (Å²) in [4.78, 5) is 10.2. The molecule has 0 radical (unpaired) electrons. The van der Waals surface area contributed by atoms with Gasteiger partial charge in [-0.05, 0) is 51.4 Å². The Morgan fingerprint density at radius 3 is 1.29 bits per heavy atom. The van der Waals surface area contributed by atoms with Crippen molar-refractivity contribution in [1.82, 2.24) is 0 Å². The smallest absolute Gasteiger partial charge is 0.0417 e. The van der Waals surface area contributed by atoms with Gasteiger partial charge in [-0.15, -0.1) is 0 Å². The normalized spacial score (nSPS) is 13.0. The van der Waals surface area contributed by atoms with Gasteiger partial charge in [-0.3, -0.25) is 0 Å². The van der Waals surface area contributed by atoms with Crippen molar-refractivity contribution < 1.29 is 9.90 Å². The lowest BCUT2D eigenvalue weighted by atomic mass is 10.2. The van der Waals surface area contributed by atoms with Gasteiger partial charge in [0.1, 0.15) is 0 Å². The second-order valence-corrected chi connectivity index (χ2v) is 5.33. The minimum absolute atomic E-state index is 0.0994. The highest BCUT2D eigenvalue weighted by Crippen LogP contribution is 1.97. The molecule has 0 aliphatic rings. The molecule has 0 aromatic heterocycles. The highest BCUT2D eigenvalue weighted by Gasteiger charge is 1.81. The molecule has 0 unspecified atom stereocenters. The molecule has 0 aliphatic carbocycles. The quantitative estimate of drug-likeness (QED) is 0.411. The van der Waals surface area contributed by atoms with Crippen LogP contribution in [0.25, 0.3) is 0 Å². The van der Waals surface area contributed by atoms with Crippen LogP contribution in [-0.2, 0) is 4.79 Å². The van der Waals surface area contributed by atoms with Gasteiger partial charge in [0.2, 0.25) is 0 Å². The van der Waals surface area contributed by atoms with Crippen LogP contribution in [0, 0.1) is 0 Å². The summed E-state index contributed by atoms with van der Waals surface area (Å²) in [6.07, 6.45) is 32.1. The van der Waals surface area contributed by atoms with Crippen molar-refractivity contribution >= 4 is 5.97 Å². The van der Waals surface area contributed by atoms with E-state index in [9.17, 15) is 9.90 Å². The molecule has 0 heterocycles. The summed E-state index contributed by atoms with van der Waals surface area (Å²) in [5.41, 5.74) is 0. The lowest BCUT2D eigenvalue weighted by Gasteiger charge is -1.95. The first-order chi connectivity index (χ1) is 11.8. The molecular weight excluding hydrogens is 296 g/mol. The van der Waals surface area contributed by atoms with Crippen LogP contribution in [0.5, 0.6) is 0 Å². The van der Waals surface area contributed by atoms with E-state index in [-0.39, 0.29) is 6.42 Å². The van der Waals surface area contributed by atoms with Crippen LogP contribution in [0.3, 0.4) is 0 Å². The van der Waals surface area contributed by atoms with Crippen molar-refractivity contribution in [3.63, 3.8) is 0 Å². The Morgan fingerprint density at radius 2 is 0.958 bits per heavy atom. The molecule has 0 aliphatic heterocycles. The SMILES string of the molecule is CC/C=C/C/C=C/C/C=C/C/C=C/C/C=C/C/C=C/CCC(=O)[O-]. The van der Waals surface area contributed by atoms with Gasteiger partial charge in [0.05, 0.1) is 0 Å². The number of aliphatic carboxylic acids is 1. The summed E-state index contributed by atoms with van der Waals surface area (Å²) >= 11 is 0. The highest BCUT2D eigenvalue weighted by molar-refractivity contribution is 5.64. The number of allylic oxidation sites excluding steroid dienone is 12. The average Bonchev–Trinajstić information content (AvgIpc) is 2.56. The van der Waals surface area contributed by atoms with Crippen LogP contribution in [-0.4, -0.2) is 5.97 Å². The van der Waals surface area contributed by atoms with Crippen molar-refractivity contribution in [2.45, 2.75) is 58.3 Å². The van der Waals surface area contributed by atoms with E-state index in [4.69, 9.17) is 0 Å². The monoisotopic (exact) mass is 327 g/mol. The van der Waals surface area contributed by atoms with E-state index in [1.807, 2.05) is 12.2 Å². The molecule has 0 atom stereocenters. The molecule has 0 fully saturated rings. The zero-order valence-electron chi connectivity index (χ0n) is 14.9. The zero-order valence-corrected chi connectivity index (χ0v) is 14.9. The molecule has 0 aromatic rings. The molecule has 0 rings (SSSR count). The van der Waals surface area contributed by atoms with Gasteiger partial charge in [0.15, 0.2) is 0 Å². The summed E-state index contributed by atoms with van der Waals surface area (Å²) in [7, 11) is 0. The van der Waals surface area contributed by atoms with Crippen LogP contribution in [0.15, 0.2) is 72.9 Å². The number of carboxylic acids is 1. The molecule has 132 valence electrons. The molecule has 0 bridgehead atoms. The number of hydrogen-bond acceptors (Lipinski definition) is 2. The van der Waals surface area contributed by atoms with E-state index in [0.717, 1.165) is 38.5 Å². The van der Waals surface area contributed by atoms with E-state index in [2.05, 4.69) is 67.7 Å². The van der Waals surface area contributed by atoms with Crippen LogP contribution < -0.4 is 5.11 Å². The summed E-state index contributed by atoms with van der Waals surface area (Å²) in [6.45, 7) is 2.15. The van der Waals surface area contributed by atoms with Gasteiger partial charge in [-0.1, -0.05) is 79.8 Å². The molecule has 0 spiro atoms. The molecule has 2 heteroatoms. The maximum Gasteiger partial charge on any atom is 0.0417 e. The van der Waals surface area contributed by atoms with E-state index in [1.54, 1.807) is 0 Å². The van der Waals surface area contributed by atoms with Gasteiger partial charge in [0.25, 0.3) is 0 Å². The van der Waals surface area contributed by atoms with Crippen LogP contribution >= 0.6 is 0 Å². The molecule has 0 saturated heterocycles. The Labute approximate surface area is 147 Å². The lowest BCUT2D eigenvalue weighted by molar-refractivity contribution is -0.305. The fourth-order valence-corrected chi connectivity index (χ4v) is 1.84. The minimum Gasteiger partial charge on any atom is -0.550 e. The Hall–Kier alpha value is -2.09. The maximum absolute atomic E-state index is 10.2. The summed E-state index contributed by atoms with van der Waals surface area (Å²) in [5, 5.41) is 10.2. The number of hydrogen-bond donors (Lipinski definition) is 0. The first-order valence-electron chi connectivity index (χ1n) is 8.87. The summed E-state index contributed by atoms with van der Waals surface area (Å²) in [6, 6.07) is 0. The van der Waals surface area contributed by atoms with Gasteiger partial charge in [-0.2, -0.15) is 0 Å². The molecule has 0 aromatic carbocycles. The van der Waals surface area contributed by atoms with E-state index in [1.165, 1.54) is 0 Å². The van der Waals surface area contributed by atoms with Crippen molar-refractivity contribution in [3.05, 3.63) is 72.9 Å². The first kappa shape index (κ1) is 21.9. The molecule has 24 heavy (non-hydrogen) atoms. The van der Waals surface area contributed by atoms with Gasteiger partial charge in [0, 0.05) is 5.97 Å². The van der Waals surface area contributed by atoms with Crippen molar-refractivity contribution in [1.29, 1.82) is 0 Å². The average molecular weight is 327 g/mol. The molecule has 0 amide bonds. The lowest BCUT2D eigenvalue weighted by Crippen LogP contribution is -2.21. The molecular formula is C22H31O2-. The van der Waals surface area contributed by atoms with Crippen LogP contribution in [0.4, 0.5) is 0 Å². The second-order valence-electron chi connectivity index (χ2n) is 5.33. The third-order valence-corrected chi connectivity index (χ3v) is 3.11. The van der Waals surface area contributed by atoms with E-state index >= 15 is 0 Å². The topological polar surface area (TPSA) is 40.1 Å². The van der Waals surface area contributed by atoms with Gasteiger partial charge >= 0.3 is 0 Å². The number of carbonyl (C=O) groups is 1. The second kappa shape index (κ2) is 19.0. The molecule has 2 nitrogen and oxygen atoms in total.